The Labute approximate surface area is 223 Å². The number of β-lactam (4-membered cyclic amide) rings is 1. The molecule has 4 rings (SSSR count). The number of rotatable bonds is 9. The third-order valence-corrected chi connectivity index (χ3v) is 10.3. The van der Waals surface area contributed by atoms with Crippen molar-refractivity contribution in [1.29, 1.82) is 0 Å². The van der Waals surface area contributed by atoms with Crippen LogP contribution >= 0.6 is 23.1 Å². The predicted molar refractivity (Wildman–Crippen MR) is 148 cm³/mol. The average molecular weight is 548 g/mol. The SMILES string of the molecule is C=CCOC(=O)C1=C(Sc2nc(C3=CC[C@H](C)N(C)C3)cs2)[C@H](C)[C@@H]2[C@@H]([C@H](C)O[Si](C)(C)C)C(=O)N12. The van der Waals surface area contributed by atoms with Gasteiger partial charge in [0.1, 0.15) is 12.3 Å². The summed E-state index contributed by atoms with van der Waals surface area (Å²) in [6.45, 7) is 17.3. The Hall–Kier alpha value is -1.72. The van der Waals surface area contributed by atoms with Crippen molar-refractivity contribution in [2.24, 2.45) is 11.8 Å². The smallest absolute Gasteiger partial charge is 0.356 e. The first-order chi connectivity index (χ1) is 16.9. The summed E-state index contributed by atoms with van der Waals surface area (Å²) in [5.74, 6) is -0.850. The Morgan fingerprint density at radius 3 is 2.75 bits per heavy atom. The van der Waals surface area contributed by atoms with E-state index in [2.05, 4.69) is 63.5 Å². The molecule has 5 atom stereocenters. The summed E-state index contributed by atoms with van der Waals surface area (Å²) in [5, 5.41) is 2.08. The van der Waals surface area contributed by atoms with E-state index in [0.29, 0.717) is 11.7 Å². The highest BCUT2D eigenvalue weighted by molar-refractivity contribution is 8.04. The molecule has 0 unspecified atom stereocenters. The normalized spacial score (nSPS) is 27.5. The van der Waals surface area contributed by atoms with E-state index in [0.717, 1.165) is 27.9 Å². The molecule has 3 aliphatic heterocycles. The number of likely N-dealkylation sites (N-methyl/N-ethyl adjacent to an activating group) is 1. The molecule has 4 heterocycles. The first-order valence-corrected chi connectivity index (χ1v) is 17.6. The second-order valence-electron chi connectivity index (χ2n) is 10.9. The molecular weight excluding hydrogens is 511 g/mol. The van der Waals surface area contributed by atoms with Crippen LogP contribution in [0.5, 0.6) is 0 Å². The largest absolute Gasteiger partial charge is 0.457 e. The van der Waals surface area contributed by atoms with E-state index in [4.69, 9.17) is 14.1 Å². The second kappa shape index (κ2) is 10.6. The summed E-state index contributed by atoms with van der Waals surface area (Å²) < 4.78 is 12.6. The summed E-state index contributed by atoms with van der Waals surface area (Å²) in [7, 11) is 0.307. The maximum atomic E-state index is 13.3. The van der Waals surface area contributed by atoms with Gasteiger partial charge < -0.3 is 14.1 Å². The van der Waals surface area contributed by atoms with Gasteiger partial charge in [0.05, 0.1) is 23.8 Å². The number of aromatic nitrogens is 1. The maximum Gasteiger partial charge on any atom is 0.356 e. The molecule has 0 N–H and O–H groups in total. The van der Waals surface area contributed by atoms with Gasteiger partial charge in [0.2, 0.25) is 5.91 Å². The highest BCUT2D eigenvalue weighted by atomic mass is 32.2. The van der Waals surface area contributed by atoms with E-state index in [-0.39, 0.29) is 36.5 Å². The molecule has 1 saturated heterocycles. The third-order valence-electron chi connectivity index (χ3n) is 7.05. The molecule has 0 radical (unpaired) electrons. The van der Waals surface area contributed by atoms with Crippen molar-refractivity contribution >= 4 is 48.9 Å². The van der Waals surface area contributed by atoms with Crippen LogP contribution in [0, 0.1) is 11.8 Å². The highest BCUT2D eigenvalue weighted by Gasteiger charge is 2.61. The molecule has 1 aromatic rings. The molecule has 196 valence electrons. The molecule has 1 amide bonds. The van der Waals surface area contributed by atoms with Crippen molar-refractivity contribution < 1.29 is 18.8 Å². The van der Waals surface area contributed by atoms with Crippen LogP contribution in [0.15, 0.2) is 39.1 Å². The highest BCUT2D eigenvalue weighted by Crippen LogP contribution is 2.53. The van der Waals surface area contributed by atoms with E-state index in [9.17, 15) is 9.59 Å². The summed E-state index contributed by atoms with van der Waals surface area (Å²) in [5.41, 5.74) is 2.56. The van der Waals surface area contributed by atoms with Gasteiger partial charge in [0.25, 0.3) is 0 Å². The van der Waals surface area contributed by atoms with Crippen LogP contribution in [-0.2, 0) is 18.8 Å². The van der Waals surface area contributed by atoms with Gasteiger partial charge in [-0.1, -0.05) is 37.4 Å². The van der Waals surface area contributed by atoms with E-state index >= 15 is 0 Å². The molecule has 1 aromatic heterocycles. The third kappa shape index (κ3) is 5.29. The monoisotopic (exact) mass is 547 g/mol. The lowest BCUT2D eigenvalue weighted by Gasteiger charge is -2.48. The van der Waals surface area contributed by atoms with Gasteiger partial charge >= 0.3 is 5.97 Å². The Morgan fingerprint density at radius 2 is 2.11 bits per heavy atom. The van der Waals surface area contributed by atoms with Crippen LogP contribution in [0.2, 0.25) is 19.6 Å². The Balaban J connectivity index is 1.60. The zero-order valence-corrected chi connectivity index (χ0v) is 24.9. The van der Waals surface area contributed by atoms with E-state index in [1.807, 2.05) is 6.92 Å². The number of hydrogen-bond acceptors (Lipinski definition) is 8. The number of hydrogen-bond donors (Lipinski definition) is 0. The number of esters is 1. The lowest BCUT2D eigenvalue weighted by atomic mass is 9.79. The molecular formula is C26H37N3O4S2Si. The Morgan fingerprint density at radius 1 is 1.39 bits per heavy atom. The molecule has 0 bridgehead atoms. The fraction of sp³-hybridized carbons (Fsp3) is 0.577. The maximum absolute atomic E-state index is 13.3. The van der Waals surface area contributed by atoms with Crippen LogP contribution in [0.1, 0.15) is 32.9 Å². The standard InChI is InChI=1S/C26H37N3O4S2Si/c1-9-12-32-25(31)22-23(16(3)21-20(24(30)29(21)22)17(4)33-36(6,7)8)35-26-27-19(14-34-26)18-11-10-15(2)28(5)13-18/h9,11,14-17,20-21H,1,10,12-13H2,2-8H3/t15-,16+,17-,20+,21+/m0/s1. The van der Waals surface area contributed by atoms with E-state index in [1.54, 1.807) is 16.2 Å². The van der Waals surface area contributed by atoms with Crippen molar-refractivity contribution in [3.63, 3.8) is 0 Å². The van der Waals surface area contributed by atoms with Crippen molar-refractivity contribution in [3.05, 3.63) is 40.4 Å². The van der Waals surface area contributed by atoms with Gasteiger partial charge in [-0.25, -0.2) is 9.78 Å². The van der Waals surface area contributed by atoms with Gasteiger partial charge in [-0.15, -0.1) is 11.3 Å². The minimum atomic E-state index is -1.83. The molecule has 3 aliphatic rings. The first-order valence-electron chi connectivity index (χ1n) is 12.5. The number of carbonyl (C=O) groups is 2. The van der Waals surface area contributed by atoms with E-state index in [1.165, 1.54) is 23.4 Å². The Bertz CT molecular complexity index is 1110. The van der Waals surface area contributed by atoms with Crippen LogP contribution in [0.25, 0.3) is 5.57 Å². The summed E-state index contributed by atoms with van der Waals surface area (Å²) in [6, 6.07) is 0.408. The Kier molecular flexibility index (Phi) is 8.02. The summed E-state index contributed by atoms with van der Waals surface area (Å²) in [6.07, 6.45) is 4.62. The summed E-state index contributed by atoms with van der Waals surface area (Å²) in [4.78, 5) is 36.2. The molecule has 7 nitrogen and oxygen atoms in total. The zero-order chi connectivity index (χ0) is 26.4. The van der Waals surface area contributed by atoms with Gasteiger partial charge in [-0.05, 0) is 52.5 Å². The fourth-order valence-corrected chi connectivity index (χ4v) is 8.55. The van der Waals surface area contributed by atoms with Gasteiger partial charge in [0.15, 0.2) is 12.7 Å². The number of amides is 1. The lowest BCUT2D eigenvalue weighted by molar-refractivity contribution is -0.163. The minimum Gasteiger partial charge on any atom is -0.457 e. The number of nitrogens with zero attached hydrogens (tertiary/aromatic N) is 3. The number of ether oxygens (including phenoxy) is 1. The topological polar surface area (TPSA) is 72.0 Å². The molecule has 10 heteroatoms. The van der Waals surface area contributed by atoms with E-state index < -0.39 is 14.3 Å². The molecule has 0 saturated carbocycles. The van der Waals surface area contributed by atoms with Crippen molar-refractivity contribution in [3.8, 4) is 0 Å². The van der Waals surface area contributed by atoms with Crippen molar-refractivity contribution in [2.75, 3.05) is 20.2 Å². The quantitative estimate of drug-likeness (QED) is 0.186. The minimum absolute atomic E-state index is 0.0232. The predicted octanol–water partition coefficient (Wildman–Crippen LogP) is 5.00. The van der Waals surface area contributed by atoms with Crippen molar-refractivity contribution in [1.82, 2.24) is 14.8 Å². The molecule has 0 spiro atoms. The molecule has 0 aromatic carbocycles. The zero-order valence-electron chi connectivity index (χ0n) is 22.2. The van der Waals surface area contributed by atoms with Gasteiger partial charge in [-0.2, -0.15) is 0 Å². The van der Waals surface area contributed by atoms with Crippen molar-refractivity contribution in [2.45, 2.75) is 69.4 Å². The summed E-state index contributed by atoms with van der Waals surface area (Å²) >= 11 is 3.06. The fourth-order valence-electron chi connectivity index (χ4n) is 5.18. The van der Waals surface area contributed by atoms with Crippen LogP contribution in [-0.4, -0.2) is 73.4 Å². The first kappa shape index (κ1) is 27.3. The molecule has 0 aliphatic carbocycles. The molecule has 1 fully saturated rings. The number of thioether (sulfide) groups is 1. The number of carbonyl (C=O) groups excluding carboxylic acids is 2. The van der Waals surface area contributed by atoms with Gasteiger partial charge in [-0.3, -0.25) is 9.69 Å². The molecule has 36 heavy (non-hydrogen) atoms. The second-order valence-corrected chi connectivity index (χ2v) is 17.5. The van der Waals surface area contributed by atoms with Crippen LogP contribution < -0.4 is 0 Å². The van der Waals surface area contributed by atoms with Crippen LogP contribution in [0.3, 0.4) is 0 Å². The number of fused-ring (bicyclic) bond motifs is 1. The number of thiazole rings is 1. The van der Waals surface area contributed by atoms with Gasteiger partial charge in [0, 0.05) is 28.8 Å². The lowest BCUT2D eigenvalue weighted by Crippen LogP contribution is -2.64. The van der Waals surface area contributed by atoms with Crippen LogP contribution in [0.4, 0.5) is 0 Å². The average Bonchev–Trinajstić information content (AvgIpc) is 3.35.